The van der Waals surface area contributed by atoms with E-state index in [1.807, 2.05) is 0 Å². The molecule has 0 saturated carbocycles. The standard InChI is InChI=1S/C24H22FNO7S/c25-15-7-9-16(10-8-15)33-23-12-11-17(13-21(23)27)34(30,31)26-20-5-1-4-19-18(20)3-2-6-22(19)32-14-24(28)29/h2-3,6-13,20,26-27H,1,4-5,14H2,(H,28,29)/t20-/m1/s1. The number of halogens is 1. The predicted octanol–water partition coefficient (Wildman–Crippen LogP) is 4.14. The van der Waals surface area contributed by atoms with Crippen molar-refractivity contribution in [3.05, 3.63) is 77.6 Å². The van der Waals surface area contributed by atoms with Crippen LogP contribution in [-0.4, -0.2) is 31.2 Å². The van der Waals surface area contributed by atoms with Crippen LogP contribution in [0, 0.1) is 5.82 Å². The minimum absolute atomic E-state index is 0.0220. The third-order valence-electron chi connectivity index (χ3n) is 5.39. The summed E-state index contributed by atoms with van der Waals surface area (Å²) < 4.78 is 52.7. The Morgan fingerprint density at radius 2 is 1.85 bits per heavy atom. The summed E-state index contributed by atoms with van der Waals surface area (Å²) >= 11 is 0. The number of nitrogens with one attached hydrogen (secondary N) is 1. The Bertz CT molecular complexity index is 1310. The van der Waals surface area contributed by atoms with Crippen molar-refractivity contribution in [2.45, 2.75) is 30.2 Å². The number of sulfonamides is 1. The highest BCUT2D eigenvalue weighted by Gasteiger charge is 2.28. The van der Waals surface area contributed by atoms with Gasteiger partial charge >= 0.3 is 5.97 Å². The molecule has 0 radical (unpaired) electrons. The minimum atomic E-state index is -4.01. The molecule has 0 unspecified atom stereocenters. The molecule has 0 saturated heterocycles. The highest BCUT2D eigenvalue weighted by atomic mass is 32.2. The summed E-state index contributed by atoms with van der Waals surface area (Å²) in [7, 11) is -4.01. The van der Waals surface area contributed by atoms with E-state index in [0.717, 1.165) is 17.2 Å². The molecule has 1 aliphatic rings. The number of aromatic hydroxyl groups is 1. The lowest BCUT2D eigenvalue weighted by molar-refractivity contribution is -0.139. The van der Waals surface area contributed by atoms with Gasteiger partial charge in [0.25, 0.3) is 0 Å². The van der Waals surface area contributed by atoms with Crippen molar-refractivity contribution in [2.24, 2.45) is 0 Å². The van der Waals surface area contributed by atoms with E-state index in [1.54, 1.807) is 18.2 Å². The zero-order chi connectivity index (χ0) is 24.3. The van der Waals surface area contributed by atoms with Crippen molar-refractivity contribution in [1.82, 2.24) is 4.72 Å². The number of carboxylic acid groups (broad SMARTS) is 1. The fourth-order valence-electron chi connectivity index (χ4n) is 3.85. The molecule has 10 heteroatoms. The van der Waals surface area contributed by atoms with Gasteiger partial charge in [-0.1, -0.05) is 12.1 Å². The van der Waals surface area contributed by atoms with Gasteiger partial charge in [0.15, 0.2) is 18.1 Å². The molecule has 34 heavy (non-hydrogen) atoms. The van der Waals surface area contributed by atoms with Crippen molar-refractivity contribution in [1.29, 1.82) is 0 Å². The van der Waals surface area contributed by atoms with Gasteiger partial charge < -0.3 is 19.7 Å². The van der Waals surface area contributed by atoms with Crippen LogP contribution in [0.3, 0.4) is 0 Å². The zero-order valence-electron chi connectivity index (χ0n) is 17.9. The fraction of sp³-hybridized carbons (Fsp3) is 0.208. The Hall–Kier alpha value is -3.63. The first-order chi connectivity index (χ1) is 16.2. The number of rotatable bonds is 8. The number of carbonyl (C=O) groups is 1. The average Bonchev–Trinajstić information content (AvgIpc) is 2.80. The highest BCUT2D eigenvalue weighted by molar-refractivity contribution is 7.89. The van der Waals surface area contributed by atoms with Crippen LogP contribution in [0.2, 0.25) is 0 Å². The number of fused-ring (bicyclic) bond motifs is 1. The smallest absolute Gasteiger partial charge is 0.341 e. The lowest BCUT2D eigenvalue weighted by Crippen LogP contribution is -2.31. The predicted molar refractivity (Wildman–Crippen MR) is 120 cm³/mol. The summed E-state index contributed by atoms with van der Waals surface area (Å²) in [6, 6.07) is 13.5. The molecule has 1 aliphatic carbocycles. The summed E-state index contributed by atoms with van der Waals surface area (Å²) in [5.41, 5.74) is 1.49. The molecule has 178 valence electrons. The van der Waals surface area contributed by atoms with Gasteiger partial charge in [-0.05, 0) is 72.9 Å². The molecule has 3 aromatic rings. The molecule has 0 spiro atoms. The first kappa shape index (κ1) is 23.5. The SMILES string of the molecule is O=C(O)COc1cccc2c1CCC[C@H]2NS(=O)(=O)c1ccc(Oc2ccc(F)cc2)c(O)c1. The summed E-state index contributed by atoms with van der Waals surface area (Å²) in [4.78, 5) is 10.7. The molecular formula is C24H22FNO7S. The number of phenols is 1. The lowest BCUT2D eigenvalue weighted by atomic mass is 9.87. The van der Waals surface area contributed by atoms with Crippen LogP contribution >= 0.6 is 0 Å². The average molecular weight is 488 g/mol. The second-order valence-electron chi connectivity index (χ2n) is 7.76. The van der Waals surface area contributed by atoms with E-state index in [1.165, 1.54) is 36.4 Å². The number of phenolic OH excluding ortho intramolecular Hbond substituents is 1. The van der Waals surface area contributed by atoms with Crippen molar-refractivity contribution >= 4 is 16.0 Å². The Kier molecular flexibility index (Phi) is 6.71. The number of ether oxygens (including phenoxy) is 2. The molecule has 3 aromatic carbocycles. The van der Waals surface area contributed by atoms with Crippen molar-refractivity contribution < 1.29 is 37.3 Å². The summed E-state index contributed by atoms with van der Waals surface area (Å²) in [5, 5.41) is 19.2. The normalized spacial score (nSPS) is 15.4. The molecule has 0 fully saturated rings. The van der Waals surface area contributed by atoms with Gasteiger partial charge in [0.05, 0.1) is 4.90 Å². The molecule has 0 amide bonds. The van der Waals surface area contributed by atoms with E-state index >= 15 is 0 Å². The van der Waals surface area contributed by atoms with E-state index in [9.17, 15) is 22.7 Å². The molecule has 0 aromatic heterocycles. The van der Waals surface area contributed by atoms with Gasteiger partial charge in [-0.25, -0.2) is 22.3 Å². The lowest BCUT2D eigenvalue weighted by Gasteiger charge is -2.27. The Balaban J connectivity index is 1.54. The number of hydrogen-bond acceptors (Lipinski definition) is 6. The highest BCUT2D eigenvalue weighted by Crippen LogP contribution is 2.37. The van der Waals surface area contributed by atoms with E-state index in [-0.39, 0.29) is 22.1 Å². The van der Waals surface area contributed by atoms with Crippen molar-refractivity contribution in [3.8, 4) is 23.0 Å². The second-order valence-corrected chi connectivity index (χ2v) is 9.47. The summed E-state index contributed by atoms with van der Waals surface area (Å²) in [5.74, 6) is -1.20. The maximum Gasteiger partial charge on any atom is 0.341 e. The van der Waals surface area contributed by atoms with Crippen LogP contribution in [0.1, 0.15) is 30.0 Å². The monoisotopic (exact) mass is 487 g/mol. The molecular weight excluding hydrogens is 465 g/mol. The fourth-order valence-corrected chi connectivity index (χ4v) is 5.12. The maximum absolute atomic E-state index is 13.1. The molecule has 3 N–H and O–H groups in total. The third kappa shape index (κ3) is 5.29. The van der Waals surface area contributed by atoms with E-state index in [0.29, 0.717) is 25.0 Å². The van der Waals surface area contributed by atoms with Gasteiger partial charge in [-0.3, -0.25) is 0 Å². The van der Waals surface area contributed by atoms with Gasteiger partial charge in [0.1, 0.15) is 17.3 Å². The van der Waals surface area contributed by atoms with Crippen LogP contribution in [0.5, 0.6) is 23.0 Å². The van der Waals surface area contributed by atoms with E-state index < -0.39 is 34.5 Å². The van der Waals surface area contributed by atoms with Crippen molar-refractivity contribution in [2.75, 3.05) is 6.61 Å². The molecule has 0 aliphatic heterocycles. The van der Waals surface area contributed by atoms with Crippen LogP contribution < -0.4 is 14.2 Å². The van der Waals surface area contributed by atoms with Gasteiger partial charge in [-0.15, -0.1) is 0 Å². The molecule has 0 heterocycles. The number of benzene rings is 3. The Labute approximate surface area is 195 Å². The number of carboxylic acids is 1. The topological polar surface area (TPSA) is 122 Å². The Morgan fingerprint density at radius 1 is 1.09 bits per heavy atom. The van der Waals surface area contributed by atoms with Crippen LogP contribution in [0.4, 0.5) is 4.39 Å². The first-order valence-corrected chi connectivity index (χ1v) is 12.0. The summed E-state index contributed by atoms with van der Waals surface area (Å²) in [6.07, 6.45) is 1.87. The first-order valence-electron chi connectivity index (χ1n) is 10.5. The molecule has 0 bridgehead atoms. The molecule has 8 nitrogen and oxygen atoms in total. The van der Waals surface area contributed by atoms with E-state index in [2.05, 4.69) is 4.72 Å². The number of hydrogen-bond donors (Lipinski definition) is 3. The minimum Gasteiger partial charge on any atom is -0.504 e. The van der Waals surface area contributed by atoms with Gasteiger partial charge in [-0.2, -0.15) is 0 Å². The molecule has 1 atom stereocenters. The molecule has 4 rings (SSSR count). The zero-order valence-corrected chi connectivity index (χ0v) is 18.7. The Morgan fingerprint density at radius 3 is 2.56 bits per heavy atom. The van der Waals surface area contributed by atoms with Gasteiger partial charge in [0.2, 0.25) is 10.0 Å². The largest absolute Gasteiger partial charge is 0.504 e. The summed E-state index contributed by atoms with van der Waals surface area (Å²) in [6.45, 7) is -0.488. The van der Waals surface area contributed by atoms with Gasteiger partial charge in [0, 0.05) is 12.1 Å². The number of aliphatic carboxylic acids is 1. The second kappa shape index (κ2) is 9.70. The quantitative estimate of drug-likeness (QED) is 0.436. The third-order valence-corrected chi connectivity index (χ3v) is 6.86. The van der Waals surface area contributed by atoms with Crippen LogP contribution in [-0.2, 0) is 21.2 Å². The van der Waals surface area contributed by atoms with E-state index in [4.69, 9.17) is 14.6 Å². The van der Waals surface area contributed by atoms with Crippen LogP contribution in [0.25, 0.3) is 0 Å². The van der Waals surface area contributed by atoms with Crippen LogP contribution in [0.15, 0.2) is 65.6 Å². The maximum atomic E-state index is 13.1. The van der Waals surface area contributed by atoms with Crippen molar-refractivity contribution in [3.63, 3.8) is 0 Å².